The number of piperazine rings is 1. The molecule has 19 heavy (non-hydrogen) atoms. The van der Waals surface area contributed by atoms with Gasteiger partial charge >= 0.3 is 5.97 Å². The van der Waals surface area contributed by atoms with E-state index in [1.165, 1.54) is 12.0 Å². The second-order valence-electron chi connectivity index (χ2n) is 5.71. The number of carbonyl (C=O) groups excluding carboxylic acids is 1. The molecule has 4 nitrogen and oxygen atoms in total. The number of ether oxygens (including phenoxy) is 1. The molecular weight excluding hydrogens is 240 g/mol. The lowest BCUT2D eigenvalue weighted by molar-refractivity contribution is -0.135. The van der Waals surface area contributed by atoms with Gasteiger partial charge in [0.2, 0.25) is 0 Å². The highest BCUT2D eigenvalue weighted by Crippen LogP contribution is 2.35. The number of nitrogens with one attached hydrogen (secondary N) is 1. The summed E-state index contributed by atoms with van der Waals surface area (Å²) in [5.41, 5.74) is 2.02. The maximum atomic E-state index is 11.5. The van der Waals surface area contributed by atoms with Crippen LogP contribution in [0.2, 0.25) is 0 Å². The molecule has 0 aromatic heterocycles. The molecule has 2 unspecified atom stereocenters. The summed E-state index contributed by atoms with van der Waals surface area (Å²) in [6.45, 7) is 8.40. The summed E-state index contributed by atoms with van der Waals surface area (Å²) in [6, 6.07) is 0. The molecule has 0 radical (unpaired) electrons. The van der Waals surface area contributed by atoms with E-state index in [-0.39, 0.29) is 5.97 Å². The first-order chi connectivity index (χ1) is 9.25. The van der Waals surface area contributed by atoms with Gasteiger partial charge in [-0.2, -0.15) is 0 Å². The first-order valence-electron chi connectivity index (χ1n) is 7.27. The molecule has 0 aromatic carbocycles. The predicted molar refractivity (Wildman–Crippen MR) is 73.7 cm³/mol. The quantitative estimate of drug-likeness (QED) is 0.769. The molecular formula is C15H22N2O2. The van der Waals surface area contributed by atoms with Gasteiger partial charge in [-0.15, -0.1) is 0 Å². The summed E-state index contributed by atoms with van der Waals surface area (Å²) < 4.78 is 5.13. The van der Waals surface area contributed by atoms with Crippen molar-refractivity contribution in [2.75, 3.05) is 39.3 Å². The van der Waals surface area contributed by atoms with Gasteiger partial charge in [0.1, 0.15) is 6.61 Å². The molecule has 0 amide bonds. The number of carbonyl (C=O) groups is 1. The van der Waals surface area contributed by atoms with Crippen molar-refractivity contribution in [1.82, 2.24) is 10.2 Å². The SMILES string of the molecule is CC1C2=C(C=CC1CCN1CCNCC1)C(=O)OC2. The van der Waals surface area contributed by atoms with Crippen LogP contribution in [-0.2, 0) is 9.53 Å². The normalized spacial score (nSPS) is 31.5. The Morgan fingerprint density at radius 2 is 2.21 bits per heavy atom. The van der Waals surface area contributed by atoms with E-state index in [2.05, 4.69) is 23.2 Å². The van der Waals surface area contributed by atoms with Crippen LogP contribution < -0.4 is 5.32 Å². The molecule has 1 N–H and O–H groups in total. The molecule has 2 aliphatic heterocycles. The zero-order valence-corrected chi connectivity index (χ0v) is 11.5. The molecule has 104 valence electrons. The molecule has 0 spiro atoms. The van der Waals surface area contributed by atoms with Crippen molar-refractivity contribution in [1.29, 1.82) is 0 Å². The maximum Gasteiger partial charge on any atom is 0.338 e. The van der Waals surface area contributed by atoms with Crippen molar-refractivity contribution in [3.63, 3.8) is 0 Å². The molecule has 1 saturated heterocycles. The second-order valence-corrected chi connectivity index (χ2v) is 5.71. The molecule has 1 fully saturated rings. The average Bonchev–Trinajstić information content (AvgIpc) is 2.82. The van der Waals surface area contributed by atoms with Gasteiger partial charge in [-0.3, -0.25) is 0 Å². The van der Waals surface area contributed by atoms with Crippen LogP contribution in [0.15, 0.2) is 23.3 Å². The molecule has 0 saturated carbocycles. The largest absolute Gasteiger partial charge is 0.458 e. The minimum Gasteiger partial charge on any atom is -0.458 e. The highest BCUT2D eigenvalue weighted by atomic mass is 16.5. The number of hydrogen-bond acceptors (Lipinski definition) is 4. The third-order valence-corrected chi connectivity index (χ3v) is 4.61. The Hall–Kier alpha value is -1.13. The van der Waals surface area contributed by atoms with Crippen LogP contribution in [0.3, 0.4) is 0 Å². The minimum atomic E-state index is -0.140. The van der Waals surface area contributed by atoms with E-state index in [0.29, 0.717) is 18.4 Å². The molecule has 2 atom stereocenters. The number of esters is 1. The summed E-state index contributed by atoms with van der Waals surface area (Å²) in [5.74, 6) is 0.844. The highest BCUT2D eigenvalue weighted by Gasteiger charge is 2.32. The fourth-order valence-electron chi connectivity index (χ4n) is 3.24. The van der Waals surface area contributed by atoms with E-state index in [0.717, 1.165) is 38.3 Å². The van der Waals surface area contributed by atoms with Crippen molar-refractivity contribution in [3.8, 4) is 0 Å². The van der Waals surface area contributed by atoms with Crippen molar-refractivity contribution in [2.24, 2.45) is 11.8 Å². The Kier molecular flexibility index (Phi) is 3.71. The van der Waals surface area contributed by atoms with Crippen molar-refractivity contribution < 1.29 is 9.53 Å². The Morgan fingerprint density at radius 3 is 3.00 bits per heavy atom. The molecule has 0 aromatic rings. The van der Waals surface area contributed by atoms with E-state index in [9.17, 15) is 4.79 Å². The first kappa shape index (κ1) is 12.9. The van der Waals surface area contributed by atoms with Gasteiger partial charge in [-0.25, -0.2) is 4.79 Å². The van der Waals surface area contributed by atoms with Crippen LogP contribution in [0.4, 0.5) is 0 Å². The Labute approximate surface area is 114 Å². The molecule has 3 rings (SSSR count). The predicted octanol–water partition coefficient (Wildman–Crippen LogP) is 0.957. The third-order valence-electron chi connectivity index (χ3n) is 4.61. The summed E-state index contributed by atoms with van der Waals surface area (Å²) in [5, 5.41) is 3.38. The van der Waals surface area contributed by atoms with Gasteiger partial charge in [0, 0.05) is 26.2 Å². The minimum absolute atomic E-state index is 0.140. The zero-order valence-electron chi connectivity index (χ0n) is 11.5. The Morgan fingerprint density at radius 1 is 1.42 bits per heavy atom. The van der Waals surface area contributed by atoms with Gasteiger partial charge < -0.3 is 15.0 Å². The van der Waals surface area contributed by atoms with E-state index in [4.69, 9.17) is 4.74 Å². The van der Waals surface area contributed by atoms with Crippen LogP contribution in [0, 0.1) is 11.8 Å². The number of rotatable bonds is 3. The lowest BCUT2D eigenvalue weighted by atomic mass is 9.79. The van der Waals surface area contributed by atoms with Gasteiger partial charge in [0.15, 0.2) is 0 Å². The second kappa shape index (κ2) is 5.47. The van der Waals surface area contributed by atoms with Crippen LogP contribution in [0.5, 0.6) is 0 Å². The van der Waals surface area contributed by atoms with Crippen molar-refractivity contribution in [2.45, 2.75) is 13.3 Å². The number of hydrogen-bond donors (Lipinski definition) is 1. The van der Waals surface area contributed by atoms with Crippen LogP contribution in [0.25, 0.3) is 0 Å². The van der Waals surface area contributed by atoms with Gasteiger partial charge in [0.25, 0.3) is 0 Å². The molecule has 4 heteroatoms. The van der Waals surface area contributed by atoms with Crippen LogP contribution >= 0.6 is 0 Å². The molecule has 0 bridgehead atoms. The smallest absolute Gasteiger partial charge is 0.338 e. The summed E-state index contributed by atoms with van der Waals surface area (Å²) >= 11 is 0. The zero-order chi connectivity index (χ0) is 13.2. The fraction of sp³-hybridized carbons (Fsp3) is 0.667. The molecule has 2 heterocycles. The van der Waals surface area contributed by atoms with E-state index < -0.39 is 0 Å². The lowest BCUT2D eigenvalue weighted by Crippen LogP contribution is -2.44. The summed E-state index contributed by atoms with van der Waals surface area (Å²) in [7, 11) is 0. The first-order valence-corrected chi connectivity index (χ1v) is 7.27. The van der Waals surface area contributed by atoms with Crippen molar-refractivity contribution in [3.05, 3.63) is 23.3 Å². The van der Waals surface area contributed by atoms with Gasteiger partial charge in [-0.05, 0) is 30.4 Å². The Balaban J connectivity index is 1.57. The van der Waals surface area contributed by atoms with E-state index >= 15 is 0 Å². The number of cyclic esters (lactones) is 1. The van der Waals surface area contributed by atoms with Gasteiger partial charge in [0.05, 0.1) is 5.57 Å². The number of nitrogens with zero attached hydrogens (tertiary/aromatic N) is 1. The number of allylic oxidation sites excluding steroid dienone is 1. The maximum absolute atomic E-state index is 11.5. The summed E-state index contributed by atoms with van der Waals surface area (Å²) in [4.78, 5) is 14.0. The van der Waals surface area contributed by atoms with Crippen LogP contribution in [0.1, 0.15) is 13.3 Å². The van der Waals surface area contributed by atoms with E-state index in [1.807, 2.05) is 6.08 Å². The Bertz CT molecular complexity index is 422. The summed E-state index contributed by atoms with van der Waals surface area (Å²) in [6.07, 6.45) is 5.36. The van der Waals surface area contributed by atoms with Gasteiger partial charge in [-0.1, -0.05) is 19.1 Å². The topological polar surface area (TPSA) is 41.6 Å². The fourth-order valence-corrected chi connectivity index (χ4v) is 3.24. The highest BCUT2D eigenvalue weighted by molar-refractivity contribution is 5.95. The monoisotopic (exact) mass is 262 g/mol. The average molecular weight is 262 g/mol. The third kappa shape index (κ3) is 2.60. The molecule has 3 aliphatic rings. The van der Waals surface area contributed by atoms with E-state index in [1.54, 1.807) is 0 Å². The van der Waals surface area contributed by atoms with Crippen LogP contribution in [-0.4, -0.2) is 50.2 Å². The lowest BCUT2D eigenvalue weighted by Gasteiger charge is -2.31. The van der Waals surface area contributed by atoms with Crippen molar-refractivity contribution >= 4 is 5.97 Å². The molecule has 1 aliphatic carbocycles. The standard InChI is InChI=1S/C15H22N2O2/c1-11-12(4-7-17-8-5-16-6-9-17)2-3-13-14(11)10-19-15(13)18/h2-3,11-12,16H,4-10H2,1H3.